The Labute approximate surface area is 117 Å². The van der Waals surface area contributed by atoms with E-state index in [2.05, 4.69) is 10.1 Å². The SMILES string of the molecule is CCn1c(=NC(=O)c2ccno2)sc2cc(F)ccc21. The molecule has 0 fully saturated rings. The van der Waals surface area contributed by atoms with Gasteiger partial charge >= 0.3 is 5.91 Å². The van der Waals surface area contributed by atoms with Crippen LogP contribution >= 0.6 is 11.3 Å². The Bertz CT molecular complexity index is 833. The predicted molar refractivity (Wildman–Crippen MR) is 71.8 cm³/mol. The monoisotopic (exact) mass is 291 g/mol. The van der Waals surface area contributed by atoms with Crippen LogP contribution < -0.4 is 4.80 Å². The second-order valence-corrected chi connectivity index (χ2v) is 5.04. The molecule has 3 aromatic rings. The lowest BCUT2D eigenvalue weighted by molar-refractivity contribution is 0.0962. The van der Waals surface area contributed by atoms with Crippen molar-refractivity contribution in [3.8, 4) is 0 Å². The highest BCUT2D eigenvalue weighted by Crippen LogP contribution is 2.18. The summed E-state index contributed by atoms with van der Waals surface area (Å²) < 4.78 is 20.6. The third-order valence-corrected chi connectivity index (χ3v) is 3.85. The number of halogens is 1. The van der Waals surface area contributed by atoms with E-state index < -0.39 is 5.91 Å². The van der Waals surface area contributed by atoms with Crippen LogP contribution in [0.4, 0.5) is 4.39 Å². The number of aromatic nitrogens is 2. The normalized spacial score (nSPS) is 12.2. The number of fused-ring (bicyclic) bond motifs is 1. The second kappa shape index (κ2) is 5.01. The van der Waals surface area contributed by atoms with Gasteiger partial charge in [-0.05, 0) is 25.1 Å². The summed E-state index contributed by atoms with van der Waals surface area (Å²) in [5, 5.41) is 3.47. The van der Waals surface area contributed by atoms with Crippen molar-refractivity contribution < 1.29 is 13.7 Å². The molecule has 0 spiro atoms. The summed E-state index contributed by atoms with van der Waals surface area (Å²) in [6, 6.07) is 5.96. The molecule has 7 heteroatoms. The highest BCUT2D eigenvalue weighted by atomic mass is 32.1. The molecule has 0 aliphatic rings. The summed E-state index contributed by atoms with van der Waals surface area (Å²) in [4.78, 5) is 16.4. The molecule has 5 nitrogen and oxygen atoms in total. The van der Waals surface area contributed by atoms with Crippen LogP contribution in [0.1, 0.15) is 17.5 Å². The van der Waals surface area contributed by atoms with Crippen molar-refractivity contribution in [2.45, 2.75) is 13.5 Å². The molecule has 0 saturated carbocycles. The Morgan fingerprint density at radius 3 is 3.05 bits per heavy atom. The van der Waals surface area contributed by atoms with Crippen molar-refractivity contribution in [3.05, 3.63) is 46.8 Å². The molecule has 0 unspecified atom stereocenters. The number of nitrogens with zero attached hydrogens (tertiary/aromatic N) is 3. The number of carbonyl (C=O) groups is 1. The molecule has 0 saturated heterocycles. The number of carbonyl (C=O) groups excluding carboxylic acids is 1. The average molecular weight is 291 g/mol. The van der Waals surface area contributed by atoms with Gasteiger partial charge in [-0.15, -0.1) is 0 Å². The molecule has 1 aromatic carbocycles. The first-order valence-electron chi connectivity index (χ1n) is 5.97. The number of aryl methyl sites for hydroxylation is 1. The zero-order valence-electron chi connectivity index (χ0n) is 10.5. The predicted octanol–water partition coefficient (Wildman–Crippen LogP) is 2.59. The number of rotatable bonds is 2. The van der Waals surface area contributed by atoms with Crippen LogP contribution in [0.15, 0.2) is 40.0 Å². The lowest BCUT2D eigenvalue weighted by Crippen LogP contribution is -2.15. The first-order chi connectivity index (χ1) is 9.69. The van der Waals surface area contributed by atoms with Gasteiger partial charge in [0.15, 0.2) is 4.80 Å². The van der Waals surface area contributed by atoms with Gasteiger partial charge in [0, 0.05) is 12.6 Å². The molecule has 3 rings (SSSR count). The Balaban J connectivity index is 2.18. The minimum absolute atomic E-state index is 0.0799. The zero-order chi connectivity index (χ0) is 14.1. The van der Waals surface area contributed by atoms with Gasteiger partial charge < -0.3 is 9.09 Å². The molecule has 0 N–H and O–H groups in total. The maximum absolute atomic E-state index is 13.2. The highest BCUT2D eigenvalue weighted by molar-refractivity contribution is 7.16. The second-order valence-electron chi connectivity index (χ2n) is 4.03. The summed E-state index contributed by atoms with van der Waals surface area (Å²) in [5.74, 6) is -0.733. The fourth-order valence-corrected chi connectivity index (χ4v) is 3.02. The van der Waals surface area contributed by atoms with E-state index in [1.54, 1.807) is 6.07 Å². The summed E-state index contributed by atoms with van der Waals surface area (Å²) >= 11 is 1.26. The minimum atomic E-state index is -0.503. The molecular formula is C13H10FN3O2S. The quantitative estimate of drug-likeness (QED) is 0.729. The topological polar surface area (TPSA) is 60.4 Å². The van der Waals surface area contributed by atoms with Gasteiger partial charge in [0.05, 0.1) is 16.4 Å². The van der Waals surface area contributed by atoms with Crippen LogP contribution in [0.5, 0.6) is 0 Å². The maximum atomic E-state index is 13.2. The maximum Gasteiger partial charge on any atom is 0.318 e. The van der Waals surface area contributed by atoms with Crippen molar-refractivity contribution in [2.75, 3.05) is 0 Å². The van der Waals surface area contributed by atoms with Gasteiger partial charge in [0.25, 0.3) is 0 Å². The molecule has 0 aliphatic carbocycles. The lowest BCUT2D eigenvalue weighted by Gasteiger charge is -1.99. The lowest BCUT2D eigenvalue weighted by atomic mass is 10.3. The standard InChI is InChI=1S/C13H10FN3O2S/c1-2-17-9-4-3-8(14)7-11(9)20-13(17)16-12(18)10-5-6-15-19-10/h3-7H,2H2,1H3. The van der Waals surface area contributed by atoms with Crippen molar-refractivity contribution in [1.29, 1.82) is 0 Å². The van der Waals surface area contributed by atoms with E-state index in [0.29, 0.717) is 11.3 Å². The van der Waals surface area contributed by atoms with Gasteiger partial charge in [-0.2, -0.15) is 4.99 Å². The molecule has 0 aliphatic heterocycles. The Morgan fingerprint density at radius 2 is 2.35 bits per heavy atom. The number of hydrogen-bond donors (Lipinski definition) is 0. The smallest absolute Gasteiger partial charge is 0.318 e. The Hall–Kier alpha value is -2.28. The summed E-state index contributed by atoms with van der Waals surface area (Å²) in [7, 11) is 0. The van der Waals surface area contributed by atoms with Crippen LogP contribution in [0.25, 0.3) is 10.2 Å². The van der Waals surface area contributed by atoms with Crippen LogP contribution in [-0.4, -0.2) is 15.6 Å². The zero-order valence-corrected chi connectivity index (χ0v) is 11.4. The number of thiazole rings is 1. The van der Waals surface area contributed by atoms with Crippen LogP contribution in [0.3, 0.4) is 0 Å². The number of hydrogen-bond acceptors (Lipinski definition) is 4. The Kier molecular flexibility index (Phi) is 3.19. The Morgan fingerprint density at radius 1 is 1.50 bits per heavy atom. The van der Waals surface area contributed by atoms with Gasteiger partial charge in [-0.25, -0.2) is 4.39 Å². The van der Waals surface area contributed by atoms with E-state index in [9.17, 15) is 9.18 Å². The molecule has 0 bridgehead atoms. The van der Waals surface area contributed by atoms with Crippen LogP contribution in [0.2, 0.25) is 0 Å². The number of benzene rings is 1. The molecule has 2 heterocycles. The molecular weight excluding hydrogens is 281 g/mol. The third kappa shape index (κ3) is 2.16. The first-order valence-corrected chi connectivity index (χ1v) is 6.79. The van der Waals surface area contributed by atoms with Gasteiger partial charge in [0.2, 0.25) is 5.76 Å². The van der Waals surface area contributed by atoms with E-state index in [-0.39, 0.29) is 11.6 Å². The van der Waals surface area contributed by atoms with E-state index in [4.69, 9.17) is 4.52 Å². The van der Waals surface area contributed by atoms with Gasteiger partial charge in [-0.3, -0.25) is 4.79 Å². The molecule has 1 amide bonds. The third-order valence-electron chi connectivity index (χ3n) is 2.81. The van der Waals surface area contributed by atoms with Crippen molar-refractivity contribution in [1.82, 2.24) is 9.72 Å². The molecule has 0 atom stereocenters. The van der Waals surface area contributed by atoms with E-state index in [1.807, 2.05) is 11.5 Å². The fourth-order valence-electron chi connectivity index (χ4n) is 1.91. The number of amides is 1. The molecule has 0 radical (unpaired) electrons. The summed E-state index contributed by atoms with van der Waals surface area (Å²) in [6.45, 7) is 2.57. The first kappa shape index (κ1) is 12.7. The van der Waals surface area contributed by atoms with Crippen molar-refractivity contribution in [2.24, 2.45) is 4.99 Å². The average Bonchev–Trinajstić information content (AvgIpc) is 3.04. The van der Waals surface area contributed by atoms with E-state index in [0.717, 1.165) is 10.2 Å². The van der Waals surface area contributed by atoms with E-state index >= 15 is 0 Å². The van der Waals surface area contributed by atoms with Crippen molar-refractivity contribution >= 4 is 27.5 Å². The highest BCUT2D eigenvalue weighted by Gasteiger charge is 2.11. The largest absolute Gasteiger partial charge is 0.351 e. The minimum Gasteiger partial charge on any atom is -0.351 e. The van der Waals surface area contributed by atoms with Gasteiger partial charge in [0.1, 0.15) is 5.82 Å². The van der Waals surface area contributed by atoms with Gasteiger partial charge in [-0.1, -0.05) is 16.5 Å². The molecule has 20 heavy (non-hydrogen) atoms. The van der Waals surface area contributed by atoms with Crippen LogP contribution in [-0.2, 0) is 6.54 Å². The van der Waals surface area contributed by atoms with Crippen molar-refractivity contribution in [3.63, 3.8) is 0 Å². The molecule has 2 aromatic heterocycles. The van der Waals surface area contributed by atoms with E-state index in [1.165, 1.54) is 35.7 Å². The van der Waals surface area contributed by atoms with Crippen LogP contribution in [0, 0.1) is 5.82 Å². The summed E-state index contributed by atoms with van der Waals surface area (Å²) in [6.07, 6.45) is 1.39. The fraction of sp³-hybridized carbons (Fsp3) is 0.154. The summed E-state index contributed by atoms with van der Waals surface area (Å²) in [5.41, 5.74) is 0.850. The molecule has 102 valence electrons.